The first-order valence-corrected chi connectivity index (χ1v) is 5.91. The molecule has 0 saturated carbocycles. The summed E-state index contributed by atoms with van der Waals surface area (Å²) in [6, 6.07) is 7.26. The smallest absolute Gasteiger partial charge is 0.243 e. The molecule has 6 heteroatoms. The molecule has 0 radical (unpaired) electrons. The average Bonchev–Trinajstić information content (AvgIpc) is 2.77. The van der Waals surface area contributed by atoms with Crippen molar-refractivity contribution in [2.24, 2.45) is 5.73 Å². The van der Waals surface area contributed by atoms with E-state index in [4.69, 9.17) is 15.0 Å². The first kappa shape index (κ1) is 12.1. The summed E-state index contributed by atoms with van der Waals surface area (Å²) in [6.45, 7) is 2.05. The van der Waals surface area contributed by atoms with Crippen molar-refractivity contribution in [2.45, 2.75) is 19.6 Å². The fourth-order valence-corrected chi connectivity index (χ4v) is 1.45. The molecule has 0 spiro atoms. The predicted molar refractivity (Wildman–Crippen MR) is 65.4 cm³/mol. The summed E-state index contributed by atoms with van der Waals surface area (Å²) in [4.78, 5) is 4.11. The van der Waals surface area contributed by atoms with Crippen LogP contribution in [0, 0.1) is 0 Å². The van der Waals surface area contributed by atoms with E-state index < -0.39 is 0 Å². The van der Waals surface area contributed by atoms with Crippen LogP contribution in [0.2, 0.25) is 0 Å². The van der Waals surface area contributed by atoms with E-state index in [2.05, 4.69) is 26.1 Å². The lowest BCUT2D eigenvalue weighted by atomic mass is 10.3. The molecule has 17 heavy (non-hydrogen) atoms. The molecular weight excluding hydrogens is 286 g/mol. The van der Waals surface area contributed by atoms with Crippen LogP contribution in [-0.4, -0.2) is 10.1 Å². The van der Waals surface area contributed by atoms with Crippen molar-refractivity contribution in [1.29, 1.82) is 0 Å². The van der Waals surface area contributed by atoms with Crippen LogP contribution in [0.1, 0.15) is 24.7 Å². The van der Waals surface area contributed by atoms with E-state index in [9.17, 15) is 0 Å². The van der Waals surface area contributed by atoms with Gasteiger partial charge in [0.25, 0.3) is 0 Å². The number of rotatable bonds is 4. The Balaban J connectivity index is 1.95. The second kappa shape index (κ2) is 5.29. The lowest BCUT2D eigenvalue weighted by Gasteiger charge is -2.02. The van der Waals surface area contributed by atoms with Crippen molar-refractivity contribution < 1.29 is 9.26 Å². The molecule has 0 aliphatic carbocycles. The zero-order valence-corrected chi connectivity index (χ0v) is 10.8. The molecule has 0 amide bonds. The number of nitrogens with zero attached hydrogens (tertiary/aromatic N) is 2. The Morgan fingerprint density at radius 1 is 1.41 bits per heavy atom. The highest BCUT2D eigenvalue weighted by molar-refractivity contribution is 9.10. The molecule has 0 fully saturated rings. The number of nitrogens with two attached hydrogens (primary N) is 1. The standard InChI is InChI=1S/C11H12BrN3O2/c1-7(13)11-14-10(15-17-11)6-16-9-4-2-8(12)3-5-9/h2-5,7H,6,13H2,1H3. The van der Waals surface area contributed by atoms with Crippen molar-refractivity contribution in [3.8, 4) is 5.75 Å². The van der Waals surface area contributed by atoms with Gasteiger partial charge in [-0.2, -0.15) is 4.98 Å². The summed E-state index contributed by atoms with van der Waals surface area (Å²) >= 11 is 3.35. The third kappa shape index (κ3) is 3.28. The van der Waals surface area contributed by atoms with Crippen LogP contribution in [0.5, 0.6) is 5.75 Å². The minimum absolute atomic E-state index is 0.260. The fourth-order valence-electron chi connectivity index (χ4n) is 1.19. The monoisotopic (exact) mass is 297 g/mol. The second-order valence-corrected chi connectivity index (χ2v) is 4.50. The molecule has 1 aromatic carbocycles. The Morgan fingerprint density at radius 2 is 2.12 bits per heavy atom. The molecular formula is C11H12BrN3O2. The second-order valence-electron chi connectivity index (χ2n) is 3.58. The van der Waals surface area contributed by atoms with Gasteiger partial charge in [-0.3, -0.25) is 0 Å². The first-order chi connectivity index (χ1) is 8.15. The lowest BCUT2D eigenvalue weighted by molar-refractivity contribution is 0.284. The molecule has 90 valence electrons. The Labute approximate surface area is 107 Å². The van der Waals surface area contributed by atoms with Crippen LogP contribution in [0.3, 0.4) is 0 Å². The van der Waals surface area contributed by atoms with E-state index in [0.29, 0.717) is 11.7 Å². The van der Waals surface area contributed by atoms with E-state index in [1.807, 2.05) is 24.3 Å². The third-order valence-corrected chi connectivity index (χ3v) is 2.58. The van der Waals surface area contributed by atoms with Crippen molar-refractivity contribution in [1.82, 2.24) is 10.1 Å². The van der Waals surface area contributed by atoms with Gasteiger partial charge in [0, 0.05) is 4.47 Å². The highest BCUT2D eigenvalue weighted by Gasteiger charge is 2.10. The number of ether oxygens (including phenoxy) is 1. The van der Waals surface area contributed by atoms with Gasteiger partial charge in [-0.05, 0) is 31.2 Å². The summed E-state index contributed by atoms with van der Waals surface area (Å²) < 4.78 is 11.5. The predicted octanol–water partition coefficient (Wildman–Crippen LogP) is 2.43. The summed E-state index contributed by atoms with van der Waals surface area (Å²) in [5.41, 5.74) is 5.61. The van der Waals surface area contributed by atoms with Crippen LogP contribution < -0.4 is 10.5 Å². The highest BCUT2D eigenvalue weighted by atomic mass is 79.9. The number of halogens is 1. The van der Waals surface area contributed by atoms with Crippen molar-refractivity contribution in [3.63, 3.8) is 0 Å². The zero-order valence-electron chi connectivity index (χ0n) is 9.26. The number of aromatic nitrogens is 2. The molecule has 1 heterocycles. The third-order valence-electron chi connectivity index (χ3n) is 2.05. The summed E-state index contributed by atoms with van der Waals surface area (Å²) in [5.74, 6) is 1.65. The Morgan fingerprint density at radius 3 is 2.71 bits per heavy atom. The van der Waals surface area contributed by atoms with Gasteiger partial charge < -0.3 is 15.0 Å². The largest absolute Gasteiger partial charge is 0.485 e. The molecule has 1 aromatic heterocycles. The van der Waals surface area contributed by atoms with Gasteiger partial charge in [0.2, 0.25) is 11.7 Å². The maximum atomic E-state index is 5.61. The van der Waals surface area contributed by atoms with Crippen molar-refractivity contribution in [3.05, 3.63) is 40.5 Å². The average molecular weight is 298 g/mol. The van der Waals surface area contributed by atoms with Gasteiger partial charge in [-0.1, -0.05) is 21.1 Å². The topological polar surface area (TPSA) is 74.2 Å². The summed E-state index contributed by atoms with van der Waals surface area (Å²) in [5, 5.41) is 3.77. The Hall–Kier alpha value is -1.40. The van der Waals surface area contributed by atoms with Crippen LogP contribution in [-0.2, 0) is 6.61 Å². The molecule has 2 rings (SSSR count). The van der Waals surface area contributed by atoms with Gasteiger partial charge >= 0.3 is 0 Å². The number of hydrogen-bond acceptors (Lipinski definition) is 5. The summed E-state index contributed by atoms with van der Waals surface area (Å²) in [6.07, 6.45) is 0. The molecule has 0 bridgehead atoms. The van der Waals surface area contributed by atoms with Gasteiger partial charge in [-0.25, -0.2) is 0 Å². The normalized spacial score (nSPS) is 12.4. The molecule has 0 aliphatic rings. The molecule has 0 aliphatic heterocycles. The molecule has 2 N–H and O–H groups in total. The van der Waals surface area contributed by atoms with Gasteiger partial charge in [0.05, 0.1) is 6.04 Å². The minimum atomic E-state index is -0.260. The maximum absolute atomic E-state index is 5.61. The SMILES string of the molecule is CC(N)c1nc(COc2ccc(Br)cc2)no1. The zero-order chi connectivity index (χ0) is 12.3. The van der Waals surface area contributed by atoms with E-state index in [1.165, 1.54) is 0 Å². The summed E-state index contributed by atoms with van der Waals surface area (Å²) in [7, 11) is 0. The van der Waals surface area contributed by atoms with Crippen molar-refractivity contribution in [2.75, 3.05) is 0 Å². The Bertz CT molecular complexity index is 482. The lowest BCUT2D eigenvalue weighted by Crippen LogP contribution is -2.05. The van der Waals surface area contributed by atoms with Crippen molar-refractivity contribution >= 4 is 15.9 Å². The van der Waals surface area contributed by atoms with E-state index in [0.717, 1.165) is 10.2 Å². The Kier molecular flexibility index (Phi) is 3.75. The fraction of sp³-hybridized carbons (Fsp3) is 0.273. The molecule has 0 saturated heterocycles. The quantitative estimate of drug-likeness (QED) is 0.938. The molecule has 5 nitrogen and oxygen atoms in total. The van der Waals surface area contributed by atoms with Gasteiger partial charge in [0.15, 0.2) is 6.61 Å². The molecule has 2 aromatic rings. The number of hydrogen-bond donors (Lipinski definition) is 1. The van der Waals surface area contributed by atoms with Crippen LogP contribution in [0.4, 0.5) is 0 Å². The first-order valence-electron chi connectivity index (χ1n) is 5.11. The van der Waals surface area contributed by atoms with Gasteiger partial charge in [0.1, 0.15) is 5.75 Å². The molecule has 1 atom stereocenters. The highest BCUT2D eigenvalue weighted by Crippen LogP contribution is 2.17. The number of benzene rings is 1. The van der Waals surface area contributed by atoms with E-state index in [1.54, 1.807) is 6.92 Å². The van der Waals surface area contributed by atoms with Gasteiger partial charge in [-0.15, -0.1) is 0 Å². The minimum Gasteiger partial charge on any atom is -0.485 e. The van der Waals surface area contributed by atoms with Crippen LogP contribution in [0.15, 0.2) is 33.3 Å². The molecule has 1 unspecified atom stereocenters. The van der Waals surface area contributed by atoms with Crippen LogP contribution in [0.25, 0.3) is 0 Å². The van der Waals surface area contributed by atoms with E-state index >= 15 is 0 Å². The van der Waals surface area contributed by atoms with Crippen LogP contribution >= 0.6 is 15.9 Å². The maximum Gasteiger partial charge on any atom is 0.243 e. The van der Waals surface area contributed by atoms with E-state index in [-0.39, 0.29) is 12.6 Å².